The summed E-state index contributed by atoms with van der Waals surface area (Å²) in [5.74, 6) is 0.319. The second-order valence-electron chi connectivity index (χ2n) is 6.99. The van der Waals surface area contributed by atoms with Crippen molar-refractivity contribution in [3.8, 4) is 10.7 Å². The van der Waals surface area contributed by atoms with E-state index in [0.717, 1.165) is 10.4 Å². The van der Waals surface area contributed by atoms with Gasteiger partial charge in [-0.3, -0.25) is 14.7 Å². The molecule has 2 aromatic heterocycles. The second kappa shape index (κ2) is 10.3. The summed E-state index contributed by atoms with van der Waals surface area (Å²) in [5.41, 5.74) is 3.05. The van der Waals surface area contributed by atoms with Gasteiger partial charge in [0.15, 0.2) is 5.82 Å². The minimum absolute atomic E-state index is 0.126. The summed E-state index contributed by atoms with van der Waals surface area (Å²) in [6.45, 7) is 2.43. The zero-order valence-electron chi connectivity index (χ0n) is 17.3. The standard InChI is InChI=1S/C23H21N5O2S2/c1-15-8-10-16(11-9-15)13-24-22(30)17-5-2-3-6-18(17)25-20(29)14-32-23-26-21(27-28-23)19-7-4-12-31-19/h2-12H,13-14H2,1H3,(H,24,30)(H,25,29)(H,26,27,28). The lowest BCUT2D eigenvalue weighted by Crippen LogP contribution is -2.25. The van der Waals surface area contributed by atoms with Crippen molar-refractivity contribution in [2.24, 2.45) is 0 Å². The number of anilines is 1. The molecule has 2 amide bonds. The molecule has 3 N–H and O–H groups in total. The summed E-state index contributed by atoms with van der Waals surface area (Å²) in [4.78, 5) is 30.6. The fourth-order valence-corrected chi connectivity index (χ4v) is 4.19. The van der Waals surface area contributed by atoms with Gasteiger partial charge in [0.05, 0.1) is 21.9 Å². The topological polar surface area (TPSA) is 99.8 Å². The Labute approximate surface area is 193 Å². The summed E-state index contributed by atoms with van der Waals surface area (Å²) >= 11 is 2.79. The van der Waals surface area contributed by atoms with Crippen molar-refractivity contribution in [3.63, 3.8) is 0 Å². The number of aromatic nitrogens is 3. The number of aryl methyl sites for hydroxylation is 1. The fraction of sp³-hybridized carbons (Fsp3) is 0.130. The molecule has 2 heterocycles. The van der Waals surface area contributed by atoms with Gasteiger partial charge in [-0.25, -0.2) is 4.98 Å². The van der Waals surface area contributed by atoms with Gasteiger partial charge in [-0.05, 0) is 36.1 Å². The molecule has 0 aliphatic heterocycles. The smallest absolute Gasteiger partial charge is 0.253 e. The number of hydrogen-bond donors (Lipinski definition) is 3. The highest BCUT2D eigenvalue weighted by Crippen LogP contribution is 2.23. The number of rotatable bonds is 8. The van der Waals surface area contributed by atoms with Crippen LogP contribution in [0.25, 0.3) is 10.7 Å². The van der Waals surface area contributed by atoms with Crippen molar-refractivity contribution in [3.05, 3.63) is 82.7 Å². The highest BCUT2D eigenvalue weighted by molar-refractivity contribution is 7.99. The molecule has 32 heavy (non-hydrogen) atoms. The average molecular weight is 464 g/mol. The number of hydrogen-bond acceptors (Lipinski definition) is 6. The van der Waals surface area contributed by atoms with E-state index in [1.165, 1.54) is 17.3 Å². The Kier molecular flexibility index (Phi) is 6.98. The van der Waals surface area contributed by atoms with E-state index < -0.39 is 0 Å². The SMILES string of the molecule is Cc1ccc(CNC(=O)c2ccccc2NC(=O)CSc2n[nH]c(-c3cccs3)n2)cc1. The highest BCUT2D eigenvalue weighted by Gasteiger charge is 2.14. The number of aromatic amines is 1. The number of nitrogens with one attached hydrogen (secondary N) is 3. The predicted molar refractivity (Wildman–Crippen MR) is 128 cm³/mol. The first kappa shape index (κ1) is 21.8. The van der Waals surface area contributed by atoms with Crippen molar-refractivity contribution in [1.82, 2.24) is 20.5 Å². The van der Waals surface area contributed by atoms with Crippen LogP contribution in [0.3, 0.4) is 0 Å². The first-order chi connectivity index (χ1) is 15.6. The molecule has 7 nitrogen and oxygen atoms in total. The molecule has 0 saturated heterocycles. The Morgan fingerprint density at radius 2 is 1.88 bits per heavy atom. The lowest BCUT2D eigenvalue weighted by Gasteiger charge is -2.11. The average Bonchev–Trinajstić information content (AvgIpc) is 3.49. The molecule has 0 unspecified atom stereocenters. The van der Waals surface area contributed by atoms with Gasteiger partial charge in [0.25, 0.3) is 5.91 Å². The number of thioether (sulfide) groups is 1. The van der Waals surface area contributed by atoms with Gasteiger partial charge in [0.2, 0.25) is 11.1 Å². The monoisotopic (exact) mass is 463 g/mol. The molecule has 0 atom stereocenters. The number of carbonyl (C=O) groups is 2. The van der Waals surface area contributed by atoms with Crippen LogP contribution in [-0.2, 0) is 11.3 Å². The minimum Gasteiger partial charge on any atom is -0.348 e. The Morgan fingerprint density at radius 1 is 1.06 bits per heavy atom. The van der Waals surface area contributed by atoms with Crippen molar-refractivity contribution in [1.29, 1.82) is 0 Å². The highest BCUT2D eigenvalue weighted by atomic mass is 32.2. The number of benzene rings is 2. The Balaban J connectivity index is 1.33. The van der Waals surface area contributed by atoms with Gasteiger partial charge in [0.1, 0.15) is 0 Å². The third-order valence-corrected chi connectivity index (χ3v) is 6.30. The van der Waals surface area contributed by atoms with Gasteiger partial charge < -0.3 is 10.6 Å². The zero-order valence-corrected chi connectivity index (χ0v) is 18.9. The Hall–Kier alpha value is -3.43. The normalized spacial score (nSPS) is 10.7. The van der Waals surface area contributed by atoms with E-state index in [2.05, 4.69) is 25.8 Å². The number of amides is 2. The summed E-state index contributed by atoms with van der Waals surface area (Å²) in [6.07, 6.45) is 0. The molecule has 0 aliphatic rings. The molecule has 0 radical (unpaired) electrons. The summed E-state index contributed by atoms with van der Waals surface area (Å²) < 4.78 is 0. The van der Waals surface area contributed by atoms with Crippen LogP contribution in [0, 0.1) is 6.92 Å². The van der Waals surface area contributed by atoms with E-state index in [4.69, 9.17) is 0 Å². The molecule has 0 spiro atoms. The van der Waals surface area contributed by atoms with Gasteiger partial charge in [-0.15, -0.1) is 16.4 Å². The minimum atomic E-state index is -0.247. The van der Waals surface area contributed by atoms with Crippen molar-refractivity contribution >= 4 is 40.6 Å². The first-order valence-electron chi connectivity index (χ1n) is 9.90. The van der Waals surface area contributed by atoms with Gasteiger partial charge in [-0.2, -0.15) is 0 Å². The van der Waals surface area contributed by atoms with Crippen LogP contribution in [0.1, 0.15) is 21.5 Å². The second-order valence-corrected chi connectivity index (χ2v) is 8.88. The molecule has 9 heteroatoms. The van der Waals surface area contributed by atoms with Crippen LogP contribution in [0.2, 0.25) is 0 Å². The van der Waals surface area contributed by atoms with E-state index in [1.807, 2.05) is 48.7 Å². The quantitative estimate of drug-likeness (QED) is 0.334. The zero-order chi connectivity index (χ0) is 22.3. The van der Waals surface area contributed by atoms with Gasteiger partial charge >= 0.3 is 0 Å². The van der Waals surface area contributed by atoms with E-state index >= 15 is 0 Å². The molecule has 162 valence electrons. The summed E-state index contributed by atoms with van der Waals surface area (Å²) in [6, 6.07) is 18.8. The summed E-state index contributed by atoms with van der Waals surface area (Å²) in [7, 11) is 0. The van der Waals surface area contributed by atoms with Gasteiger partial charge in [-0.1, -0.05) is 59.8 Å². The predicted octanol–water partition coefficient (Wildman–Crippen LogP) is 4.50. The van der Waals surface area contributed by atoms with E-state index in [-0.39, 0.29) is 17.6 Å². The van der Waals surface area contributed by atoms with Crippen molar-refractivity contribution in [2.45, 2.75) is 18.6 Å². The molecular weight excluding hydrogens is 442 g/mol. The number of para-hydroxylation sites is 1. The molecule has 0 aliphatic carbocycles. The number of thiophene rings is 1. The van der Waals surface area contributed by atoms with Crippen LogP contribution in [0.5, 0.6) is 0 Å². The van der Waals surface area contributed by atoms with Gasteiger partial charge in [0, 0.05) is 6.54 Å². The maximum Gasteiger partial charge on any atom is 0.253 e. The van der Waals surface area contributed by atoms with Crippen LogP contribution < -0.4 is 10.6 Å². The molecule has 0 fully saturated rings. The van der Waals surface area contributed by atoms with E-state index in [9.17, 15) is 9.59 Å². The Morgan fingerprint density at radius 3 is 2.66 bits per heavy atom. The number of nitrogens with zero attached hydrogens (tertiary/aromatic N) is 2. The van der Waals surface area contributed by atoms with E-state index in [1.54, 1.807) is 35.6 Å². The largest absolute Gasteiger partial charge is 0.348 e. The third kappa shape index (κ3) is 5.63. The fourth-order valence-electron chi connectivity index (χ4n) is 2.92. The molecule has 0 saturated carbocycles. The molecule has 0 bridgehead atoms. The molecule has 2 aromatic carbocycles. The lowest BCUT2D eigenvalue weighted by atomic mass is 10.1. The third-order valence-electron chi connectivity index (χ3n) is 4.57. The maximum atomic E-state index is 12.7. The Bertz CT molecular complexity index is 1200. The number of carbonyl (C=O) groups excluding carboxylic acids is 2. The molecule has 4 rings (SSSR count). The van der Waals surface area contributed by atoms with Crippen LogP contribution in [0.15, 0.2) is 71.2 Å². The first-order valence-corrected chi connectivity index (χ1v) is 11.8. The molecule has 4 aromatic rings. The van der Waals surface area contributed by atoms with Crippen LogP contribution in [0.4, 0.5) is 5.69 Å². The van der Waals surface area contributed by atoms with Crippen LogP contribution >= 0.6 is 23.1 Å². The summed E-state index contributed by atoms with van der Waals surface area (Å²) in [5, 5.41) is 15.2. The van der Waals surface area contributed by atoms with E-state index in [0.29, 0.717) is 28.8 Å². The van der Waals surface area contributed by atoms with Crippen molar-refractivity contribution < 1.29 is 9.59 Å². The van der Waals surface area contributed by atoms with Crippen LogP contribution in [-0.4, -0.2) is 32.7 Å². The maximum absolute atomic E-state index is 12.7. The van der Waals surface area contributed by atoms with Crippen molar-refractivity contribution in [2.75, 3.05) is 11.1 Å². The number of H-pyrrole nitrogens is 1. The molecular formula is C23H21N5O2S2. The lowest BCUT2D eigenvalue weighted by molar-refractivity contribution is -0.113.